The van der Waals surface area contributed by atoms with Crippen molar-refractivity contribution in [3.63, 3.8) is 0 Å². The number of rotatable bonds is 4. The molecule has 4 heterocycles. The van der Waals surface area contributed by atoms with E-state index in [0.29, 0.717) is 12.6 Å². The van der Waals surface area contributed by atoms with Gasteiger partial charge in [-0.2, -0.15) is 0 Å². The van der Waals surface area contributed by atoms with E-state index < -0.39 is 0 Å². The van der Waals surface area contributed by atoms with Crippen molar-refractivity contribution in [3.05, 3.63) is 42.1 Å². The predicted octanol–water partition coefficient (Wildman–Crippen LogP) is 1.49. The lowest BCUT2D eigenvalue weighted by Gasteiger charge is -2.31. The van der Waals surface area contributed by atoms with E-state index in [1.165, 1.54) is 0 Å². The Bertz CT molecular complexity index is 621. The van der Waals surface area contributed by atoms with Gasteiger partial charge in [0.1, 0.15) is 11.6 Å². The van der Waals surface area contributed by atoms with Gasteiger partial charge in [-0.3, -0.25) is 4.90 Å². The second kappa shape index (κ2) is 6.06. The lowest BCUT2D eigenvalue weighted by Crippen LogP contribution is -2.41. The van der Waals surface area contributed by atoms with Crippen molar-refractivity contribution in [2.75, 3.05) is 25.1 Å². The van der Waals surface area contributed by atoms with E-state index in [0.717, 1.165) is 56.6 Å². The zero-order valence-corrected chi connectivity index (χ0v) is 12.6. The first kappa shape index (κ1) is 13.7. The lowest BCUT2D eigenvalue weighted by molar-refractivity contribution is 0.121. The number of hydrogen-bond acceptors (Lipinski definition) is 5. The molecule has 0 saturated carbocycles. The molecule has 1 fully saturated rings. The maximum atomic E-state index is 5.51. The third-order valence-electron chi connectivity index (χ3n) is 4.42. The van der Waals surface area contributed by atoms with Gasteiger partial charge in [-0.05, 0) is 18.6 Å². The van der Waals surface area contributed by atoms with Crippen molar-refractivity contribution in [1.29, 1.82) is 0 Å². The molecule has 1 atom stereocenters. The Morgan fingerprint density at radius 1 is 1.32 bits per heavy atom. The van der Waals surface area contributed by atoms with Crippen LogP contribution in [0.15, 0.2) is 30.6 Å². The molecular formula is C16H21N5O. The Morgan fingerprint density at radius 3 is 3.14 bits per heavy atom. The first-order chi connectivity index (χ1) is 10.9. The van der Waals surface area contributed by atoms with Crippen LogP contribution in [0.3, 0.4) is 0 Å². The van der Waals surface area contributed by atoms with Crippen LogP contribution in [0, 0.1) is 0 Å². The van der Waals surface area contributed by atoms with E-state index in [2.05, 4.69) is 26.0 Å². The molecule has 22 heavy (non-hydrogen) atoms. The third kappa shape index (κ3) is 2.84. The van der Waals surface area contributed by atoms with Crippen LogP contribution in [0.25, 0.3) is 0 Å². The molecule has 0 spiro atoms. The number of pyridine rings is 1. The Hall–Kier alpha value is -1.92. The zero-order chi connectivity index (χ0) is 14.8. The van der Waals surface area contributed by atoms with Crippen LogP contribution < -0.4 is 5.32 Å². The van der Waals surface area contributed by atoms with Crippen molar-refractivity contribution < 1.29 is 4.74 Å². The minimum atomic E-state index is 0.570. The van der Waals surface area contributed by atoms with Gasteiger partial charge < -0.3 is 14.6 Å². The maximum absolute atomic E-state index is 5.51. The summed E-state index contributed by atoms with van der Waals surface area (Å²) in [6, 6.07) is 6.44. The maximum Gasteiger partial charge on any atom is 0.126 e. The molecule has 0 unspecified atom stereocenters. The minimum Gasteiger partial charge on any atom is -0.380 e. The highest BCUT2D eigenvalue weighted by Gasteiger charge is 2.27. The summed E-state index contributed by atoms with van der Waals surface area (Å²) in [6.07, 6.45) is 5.10. The molecule has 6 heteroatoms. The topological polar surface area (TPSA) is 55.2 Å². The number of hydrogen-bond donors (Lipinski definition) is 1. The Morgan fingerprint density at radius 2 is 2.32 bits per heavy atom. The van der Waals surface area contributed by atoms with Gasteiger partial charge in [-0.1, -0.05) is 6.07 Å². The molecule has 0 aromatic carbocycles. The molecule has 116 valence electrons. The van der Waals surface area contributed by atoms with Crippen molar-refractivity contribution in [1.82, 2.24) is 19.4 Å². The Kier molecular flexibility index (Phi) is 3.78. The van der Waals surface area contributed by atoms with Crippen molar-refractivity contribution in [2.45, 2.75) is 32.1 Å². The summed E-state index contributed by atoms with van der Waals surface area (Å²) in [4.78, 5) is 11.6. The van der Waals surface area contributed by atoms with Gasteiger partial charge in [0.15, 0.2) is 0 Å². The molecular weight excluding hydrogens is 278 g/mol. The first-order valence-corrected chi connectivity index (χ1v) is 7.90. The van der Waals surface area contributed by atoms with Crippen LogP contribution in [0.1, 0.15) is 17.9 Å². The molecule has 2 aromatic heterocycles. The standard InChI is InChI=1S/C16H21N5O/c1-2-5-17-15(3-1)18-9-13-10-21-7-6-20(11-16(21)19-13)14-4-8-22-12-14/h1-3,5,10,14H,4,6-9,11-12H2,(H,17,18)/t14-/m0/s1. The van der Waals surface area contributed by atoms with Crippen molar-refractivity contribution in [3.8, 4) is 0 Å². The van der Waals surface area contributed by atoms with Gasteiger partial charge in [-0.15, -0.1) is 0 Å². The summed E-state index contributed by atoms with van der Waals surface area (Å²) >= 11 is 0. The van der Waals surface area contributed by atoms with E-state index >= 15 is 0 Å². The summed E-state index contributed by atoms with van der Waals surface area (Å²) in [5, 5.41) is 3.32. The van der Waals surface area contributed by atoms with Gasteiger partial charge in [0.2, 0.25) is 0 Å². The highest BCUT2D eigenvalue weighted by molar-refractivity contribution is 5.33. The molecule has 2 aliphatic heterocycles. The van der Waals surface area contributed by atoms with Gasteiger partial charge >= 0.3 is 0 Å². The fourth-order valence-electron chi connectivity index (χ4n) is 3.19. The van der Waals surface area contributed by atoms with Gasteiger partial charge in [0.05, 0.1) is 25.4 Å². The van der Waals surface area contributed by atoms with Gasteiger partial charge in [0.25, 0.3) is 0 Å². The summed E-state index contributed by atoms with van der Waals surface area (Å²) in [6.45, 7) is 5.51. The number of nitrogens with one attached hydrogen (secondary N) is 1. The number of imidazole rings is 1. The highest BCUT2D eigenvalue weighted by atomic mass is 16.5. The minimum absolute atomic E-state index is 0.570. The predicted molar refractivity (Wildman–Crippen MR) is 83.4 cm³/mol. The number of aromatic nitrogens is 3. The van der Waals surface area contributed by atoms with E-state index in [1.54, 1.807) is 6.20 Å². The summed E-state index contributed by atoms with van der Waals surface area (Å²) in [5.41, 5.74) is 1.07. The van der Waals surface area contributed by atoms with Crippen LogP contribution in [0.4, 0.5) is 5.82 Å². The summed E-state index contributed by atoms with van der Waals surface area (Å²) in [7, 11) is 0. The summed E-state index contributed by atoms with van der Waals surface area (Å²) < 4.78 is 7.78. The Balaban J connectivity index is 1.40. The van der Waals surface area contributed by atoms with Crippen molar-refractivity contribution >= 4 is 5.82 Å². The van der Waals surface area contributed by atoms with Crippen LogP contribution in [-0.4, -0.2) is 45.2 Å². The fourth-order valence-corrected chi connectivity index (χ4v) is 3.19. The molecule has 0 bridgehead atoms. The molecule has 1 N–H and O–H groups in total. The number of anilines is 1. The number of fused-ring (bicyclic) bond motifs is 1. The fraction of sp³-hybridized carbons (Fsp3) is 0.500. The van der Waals surface area contributed by atoms with E-state index in [4.69, 9.17) is 9.72 Å². The average Bonchev–Trinajstić information content (AvgIpc) is 3.22. The molecule has 0 radical (unpaired) electrons. The molecule has 2 aliphatic rings. The molecule has 0 aliphatic carbocycles. The van der Waals surface area contributed by atoms with Gasteiger partial charge in [-0.25, -0.2) is 9.97 Å². The smallest absolute Gasteiger partial charge is 0.126 e. The average molecular weight is 299 g/mol. The SMILES string of the molecule is c1ccc(NCc2cn3c(n2)CN([C@H]2CCOC2)CC3)nc1. The first-order valence-electron chi connectivity index (χ1n) is 7.90. The normalized spacial score (nSPS) is 21.7. The number of ether oxygens (including phenoxy) is 1. The van der Waals surface area contributed by atoms with E-state index in [-0.39, 0.29) is 0 Å². The third-order valence-corrected chi connectivity index (χ3v) is 4.42. The summed E-state index contributed by atoms with van der Waals surface area (Å²) in [5.74, 6) is 2.05. The largest absolute Gasteiger partial charge is 0.380 e. The van der Waals surface area contributed by atoms with E-state index in [9.17, 15) is 0 Å². The molecule has 0 amide bonds. The van der Waals surface area contributed by atoms with Gasteiger partial charge in [0, 0.05) is 38.1 Å². The van der Waals surface area contributed by atoms with Crippen LogP contribution in [0.5, 0.6) is 0 Å². The highest BCUT2D eigenvalue weighted by Crippen LogP contribution is 2.20. The van der Waals surface area contributed by atoms with Crippen molar-refractivity contribution in [2.24, 2.45) is 0 Å². The monoisotopic (exact) mass is 299 g/mol. The van der Waals surface area contributed by atoms with E-state index in [1.807, 2.05) is 18.2 Å². The molecule has 4 rings (SSSR count). The number of nitrogens with zero attached hydrogens (tertiary/aromatic N) is 4. The van der Waals surface area contributed by atoms with Crippen LogP contribution >= 0.6 is 0 Å². The zero-order valence-electron chi connectivity index (χ0n) is 12.6. The molecule has 6 nitrogen and oxygen atoms in total. The second-order valence-electron chi connectivity index (χ2n) is 5.90. The molecule has 2 aromatic rings. The lowest BCUT2D eigenvalue weighted by atomic mass is 10.2. The van der Waals surface area contributed by atoms with Crippen LogP contribution in [0.2, 0.25) is 0 Å². The van der Waals surface area contributed by atoms with Crippen LogP contribution in [-0.2, 0) is 24.4 Å². The molecule has 1 saturated heterocycles. The Labute approximate surface area is 130 Å². The quantitative estimate of drug-likeness (QED) is 0.927. The second-order valence-corrected chi connectivity index (χ2v) is 5.90.